The Labute approximate surface area is 119 Å². The molecule has 0 aliphatic carbocycles. The maximum Gasteiger partial charge on any atom is 0.243 e. The summed E-state index contributed by atoms with van der Waals surface area (Å²) < 4.78 is 44.7. The molecule has 0 amide bonds. The van der Waals surface area contributed by atoms with E-state index in [1.54, 1.807) is 6.92 Å². The lowest BCUT2D eigenvalue weighted by Gasteiger charge is -2.27. The summed E-state index contributed by atoms with van der Waals surface area (Å²) in [5.41, 5.74) is 5.57. The zero-order chi connectivity index (χ0) is 15.7. The number of rotatable bonds is 5. The van der Waals surface area contributed by atoms with E-state index >= 15 is 0 Å². The van der Waals surface area contributed by atoms with Crippen LogP contribution in [-0.2, 0) is 10.0 Å². The number of nitrogens with zero attached hydrogens (tertiary/aromatic N) is 1. The molecule has 5 nitrogen and oxygen atoms in total. The van der Waals surface area contributed by atoms with Gasteiger partial charge in [-0.1, -0.05) is 13.8 Å². The van der Waals surface area contributed by atoms with E-state index in [4.69, 9.17) is 10.5 Å². The highest BCUT2D eigenvalue weighted by atomic mass is 32.2. The van der Waals surface area contributed by atoms with E-state index in [2.05, 4.69) is 0 Å². The Morgan fingerprint density at radius 1 is 1.30 bits per heavy atom. The molecule has 2 N–H and O–H groups in total. The van der Waals surface area contributed by atoms with Crippen molar-refractivity contribution in [1.29, 1.82) is 0 Å². The van der Waals surface area contributed by atoms with E-state index < -0.39 is 15.8 Å². The lowest BCUT2D eigenvalue weighted by Crippen LogP contribution is -2.38. The van der Waals surface area contributed by atoms with E-state index in [0.717, 1.165) is 6.07 Å². The molecule has 0 aliphatic rings. The van der Waals surface area contributed by atoms with Gasteiger partial charge < -0.3 is 10.5 Å². The molecule has 20 heavy (non-hydrogen) atoms. The summed E-state index contributed by atoms with van der Waals surface area (Å²) in [5.74, 6) is -0.810. The van der Waals surface area contributed by atoms with Crippen molar-refractivity contribution in [2.45, 2.75) is 31.7 Å². The lowest BCUT2D eigenvalue weighted by molar-refractivity contribution is 0.315. The number of nitrogen functional groups attached to an aromatic ring is 1. The molecule has 1 aromatic carbocycles. The average Bonchev–Trinajstić information content (AvgIpc) is 2.36. The Bertz CT molecular complexity index is 564. The molecular weight excluding hydrogens is 283 g/mol. The van der Waals surface area contributed by atoms with Crippen LogP contribution in [0.1, 0.15) is 20.8 Å². The van der Waals surface area contributed by atoms with Gasteiger partial charge in [0.2, 0.25) is 10.0 Å². The molecule has 7 heteroatoms. The van der Waals surface area contributed by atoms with Crippen LogP contribution in [0.2, 0.25) is 0 Å². The highest BCUT2D eigenvalue weighted by molar-refractivity contribution is 7.89. The summed E-state index contributed by atoms with van der Waals surface area (Å²) in [6.45, 7) is 5.63. The monoisotopic (exact) mass is 304 g/mol. The number of nitrogens with two attached hydrogens (primary N) is 1. The Kier molecular flexibility index (Phi) is 4.99. The summed E-state index contributed by atoms with van der Waals surface area (Å²) in [5, 5.41) is 0. The van der Waals surface area contributed by atoms with Crippen molar-refractivity contribution in [3.05, 3.63) is 17.9 Å². The quantitative estimate of drug-likeness (QED) is 0.845. The number of benzene rings is 1. The third-order valence-corrected chi connectivity index (χ3v) is 5.39. The van der Waals surface area contributed by atoms with Crippen molar-refractivity contribution >= 4 is 15.7 Å². The summed E-state index contributed by atoms with van der Waals surface area (Å²) in [6, 6.07) is 1.92. The summed E-state index contributed by atoms with van der Waals surface area (Å²) in [7, 11) is -1.05. The first-order chi connectivity index (χ1) is 9.12. The second kappa shape index (κ2) is 5.97. The first kappa shape index (κ1) is 16.7. The molecule has 0 radical (unpaired) electrons. The van der Waals surface area contributed by atoms with E-state index in [1.807, 2.05) is 13.8 Å². The number of ether oxygens (including phenoxy) is 1. The highest BCUT2D eigenvalue weighted by Crippen LogP contribution is 2.30. The van der Waals surface area contributed by atoms with E-state index in [0.29, 0.717) is 0 Å². The molecule has 0 aromatic heterocycles. The predicted octanol–water partition coefficient (Wildman–Crippen LogP) is 2.08. The standard InChI is InChI=1S/C13H21FN2O3S/c1-8(2)9(3)16(4)20(17,18)10-6-11(14)13(19-5)12(15)7-10/h6-9H,15H2,1-5H3. The normalized spacial score (nSPS) is 13.8. The molecule has 0 saturated carbocycles. The topological polar surface area (TPSA) is 72.6 Å². The van der Waals surface area contributed by atoms with E-state index in [1.165, 1.54) is 24.5 Å². The van der Waals surface area contributed by atoms with Crippen molar-refractivity contribution < 1.29 is 17.5 Å². The van der Waals surface area contributed by atoms with Crippen LogP contribution in [0.15, 0.2) is 17.0 Å². The number of hydrogen-bond donors (Lipinski definition) is 1. The Morgan fingerprint density at radius 3 is 2.25 bits per heavy atom. The Balaban J connectivity index is 3.30. The highest BCUT2D eigenvalue weighted by Gasteiger charge is 2.28. The SMILES string of the molecule is COc1c(N)cc(S(=O)(=O)N(C)C(C)C(C)C)cc1F. The fourth-order valence-electron chi connectivity index (χ4n) is 1.76. The fraction of sp³-hybridized carbons (Fsp3) is 0.538. The van der Waals surface area contributed by atoms with Gasteiger partial charge in [-0.05, 0) is 25.0 Å². The van der Waals surface area contributed by atoms with Crippen LogP contribution < -0.4 is 10.5 Å². The smallest absolute Gasteiger partial charge is 0.243 e. The van der Waals surface area contributed by atoms with Gasteiger partial charge in [-0.2, -0.15) is 4.31 Å². The van der Waals surface area contributed by atoms with Crippen molar-refractivity contribution in [3.63, 3.8) is 0 Å². The molecular formula is C13H21FN2O3S. The molecule has 0 saturated heterocycles. The minimum absolute atomic E-state index is 0.0447. The number of hydrogen-bond acceptors (Lipinski definition) is 4. The van der Waals surface area contributed by atoms with Crippen LogP contribution in [0.5, 0.6) is 5.75 Å². The first-order valence-electron chi connectivity index (χ1n) is 6.24. The van der Waals surface area contributed by atoms with Gasteiger partial charge in [0, 0.05) is 13.1 Å². The molecule has 1 aromatic rings. The summed E-state index contributed by atoms with van der Waals surface area (Å²) in [4.78, 5) is -0.177. The maximum absolute atomic E-state index is 13.8. The van der Waals surface area contributed by atoms with Crippen LogP contribution in [-0.4, -0.2) is 32.9 Å². The molecule has 0 bridgehead atoms. The van der Waals surface area contributed by atoms with Crippen molar-refractivity contribution in [3.8, 4) is 5.75 Å². The van der Waals surface area contributed by atoms with Crippen molar-refractivity contribution in [2.75, 3.05) is 19.9 Å². The molecule has 0 aliphatic heterocycles. The maximum atomic E-state index is 13.8. The molecule has 1 rings (SSSR count). The van der Waals surface area contributed by atoms with Gasteiger partial charge in [-0.3, -0.25) is 0 Å². The van der Waals surface area contributed by atoms with Crippen LogP contribution >= 0.6 is 0 Å². The number of anilines is 1. The van der Waals surface area contributed by atoms with Crippen molar-refractivity contribution in [2.24, 2.45) is 5.92 Å². The zero-order valence-electron chi connectivity index (χ0n) is 12.3. The molecule has 1 atom stereocenters. The van der Waals surface area contributed by atoms with Crippen LogP contribution in [0, 0.1) is 11.7 Å². The minimum atomic E-state index is -3.80. The first-order valence-corrected chi connectivity index (χ1v) is 7.68. The van der Waals surface area contributed by atoms with Crippen LogP contribution in [0.3, 0.4) is 0 Å². The van der Waals surface area contributed by atoms with Gasteiger partial charge in [0.15, 0.2) is 11.6 Å². The van der Waals surface area contributed by atoms with Crippen LogP contribution in [0.25, 0.3) is 0 Å². The second-order valence-corrected chi connectivity index (χ2v) is 7.03. The molecule has 0 heterocycles. The van der Waals surface area contributed by atoms with Crippen molar-refractivity contribution in [1.82, 2.24) is 4.31 Å². The van der Waals surface area contributed by atoms with Gasteiger partial charge in [-0.15, -0.1) is 0 Å². The second-order valence-electron chi connectivity index (χ2n) is 5.03. The number of methoxy groups -OCH3 is 1. The lowest BCUT2D eigenvalue weighted by atomic mass is 10.1. The van der Waals surface area contributed by atoms with E-state index in [9.17, 15) is 12.8 Å². The van der Waals surface area contributed by atoms with Gasteiger partial charge in [0.1, 0.15) is 0 Å². The van der Waals surface area contributed by atoms with Crippen LogP contribution in [0.4, 0.5) is 10.1 Å². The third kappa shape index (κ3) is 3.04. The summed E-state index contributed by atoms with van der Waals surface area (Å²) in [6.07, 6.45) is 0. The number of halogens is 1. The van der Waals surface area contributed by atoms with E-state index in [-0.39, 0.29) is 28.3 Å². The minimum Gasteiger partial charge on any atom is -0.492 e. The third-order valence-electron chi connectivity index (χ3n) is 3.47. The summed E-state index contributed by atoms with van der Waals surface area (Å²) >= 11 is 0. The fourth-order valence-corrected chi connectivity index (χ4v) is 3.30. The largest absolute Gasteiger partial charge is 0.492 e. The Morgan fingerprint density at radius 2 is 1.85 bits per heavy atom. The van der Waals surface area contributed by atoms with Gasteiger partial charge >= 0.3 is 0 Å². The molecule has 1 unspecified atom stereocenters. The average molecular weight is 304 g/mol. The van der Waals surface area contributed by atoms with Gasteiger partial charge in [0.05, 0.1) is 17.7 Å². The zero-order valence-corrected chi connectivity index (χ0v) is 13.2. The molecule has 0 fully saturated rings. The molecule has 114 valence electrons. The predicted molar refractivity (Wildman–Crippen MR) is 76.6 cm³/mol. The Hall–Kier alpha value is -1.34. The molecule has 0 spiro atoms. The number of sulfonamides is 1. The van der Waals surface area contributed by atoms with Gasteiger partial charge in [0.25, 0.3) is 0 Å². The van der Waals surface area contributed by atoms with Gasteiger partial charge in [-0.25, -0.2) is 12.8 Å².